The fourth-order valence-corrected chi connectivity index (χ4v) is 3.76. The van der Waals surface area contributed by atoms with Crippen LogP contribution in [0.15, 0.2) is 60.7 Å². The van der Waals surface area contributed by atoms with Crippen LogP contribution in [0, 0.1) is 0 Å². The van der Waals surface area contributed by atoms with Gasteiger partial charge in [-0.05, 0) is 66.8 Å². The van der Waals surface area contributed by atoms with Gasteiger partial charge in [0.25, 0.3) is 0 Å². The maximum atomic E-state index is 10.9. The van der Waals surface area contributed by atoms with Crippen molar-refractivity contribution in [2.45, 2.75) is 32.2 Å². The summed E-state index contributed by atoms with van der Waals surface area (Å²) in [6.07, 6.45) is 0.825. The molecule has 0 saturated heterocycles. The molecule has 0 N–H and O–H groups in total. The average molecular weight is 476 g/mol. The second kappa shape index (κ2) is 13.3. The molecule has 0 aliphatic heterocycles. The molecule has 4 rings (SSSR count). The fourth-order valence-electron chi connectivity index (χ4n) is 3.76. The number of para-hydroxylation sites is 2. The number of ether oxygens (including phenoxy) is 1. The van der Waals surface area contributed by atoms with Crippen molar-refractivity contribution in [2.24, 2.45) is 0 Å². The van der Waals surface area contributed by atoms with Crippen LogP contribution in [0.25, 0.3) is 33.2 Å². The van der Waals surface area contributed by atoms with Crippen molar-refractivity contribution in [3.8, 4) is 17.1 Å². The predicted octanol–water partition coefficient (Wildman–Crippen LogP) is -3.70. The Hall–Kier alpha value is -1.87. The molecule has 164 valence electrons. The van der Waals surface area contributed by atoms with E-state index in [1.54, 1.807) is 0 Å². The van der Waals surface area contributed by atoms with Crippen LogP contribution < -0.4 is 74.1 Å². The summed E-state index contributed by atoms with van der Waals surface area (Å²) >= 11 is 0. The van der Waals surface area contributed by atoms with E-state index in [0.717, 1.165) is 33.2 Å². The number of carboxylic acid groups (broad SMARTS) is 2. The van der Waals surface area contributed by atoms with E-state index in [1.807, 2.05) is 65.2 Å². The predicted molar refractivity (Wildman–Crippen MR) is 117 cm³/mol. The third-order valence-electron chi connectivity index (χ3n) is 5.28. The maximum absolute atomic E-state index is 10.9. The summed E-state index contributed by atoms with van der Waals surface area (Å²) in [5.74, 6) is -0.670. The van der Waals surface area contributed by atoms with Gasteiger partial charge in [0.05, 0.1) is 17.6 Å². The summed E-state index contributed by atoms with van der Waals surface area (Å²) in [6.45, 7) is 0.841. The molecule has 0 aliphatic carbocycles. The first-order valence-corrected chi connectivity index (χ1v) is 10.5. The molecule has 0 amide bonds. The Balaban J connectivity index is 0.00000204. The van der Waals surface area contributed by atoms with E-state index in [4.69, 9.17) is 9.72 Å². The van der Waals surface area contributed by atoms with Crippen LogP contribution in [0.1, 0.15) is 25.7 Å². The first kappa shape index (κ1) is 28.4. The Labute approximate surface area is 241 Å². The molecule has 0 atom stereocenters. The molecule has 7 nitrogen and oxygen atoms in total. The van der Waals surface area contributed by atoms with Gasteiger partial charge in [0.2, 0.25) is 0 Å². The molecule has 4 aromatic rings. The van der Waals surface area contributed by atoms with Crippen molar-refractivity contribution in [1.29, 1.82) is 0 Å². The minimum Gasteiger partial charge on any atom is -0.550 e. The molecule has 0 unspecified atom stereocenters. The van der Waals surface area contributed by atoms with Crippen LogP contribution in [0.2, 0.25) is 0 Å². The SMILES string of the molecule is O=C([O-])CCCOc1ccc2cc(-c3nc4ccccc4n3CCCC(=O)[O-])ccc2c1.[Na+].[Na+]. The van der Waals surface area contributed by atoms with Crippen LogP contribution in [-0.2, 0) is 16.1 Å². The number of carbonyl (C=O) groups is 2. The molecule has 0 bridgehead atoms. The number of aromatic nitrogens is 2. The van der Waals surface area contributed by atoms with Crippen LogP contribution in [0.5, 0.6) is 5.75 Å². The number of rotatable bonds is 10. The van der Waals surface area contributed by atoms with Gasteiger partial charge in [0.1, 0.15) is 11.6 Å². The summed E-state index contributed by atoms with van der Waals surface area (Å²) in [5.41, 5.74) is 2.75. The summed E-state index contributed by atoms with van der Waals surface area (Å²) in [6, 6.07) is 19.5. The van der Waals surface area contributed by atoms with E-state index < -0.39 is 11.9 Å². The first-order valence-electron chi connectivity index (χ1n) is 10.5. The average Bonchev–Trinajstić information content (AvgIpc) is 3.14. The standard InChI is InChI=1S/C25H24N2O5.2Na/c28-23(29)7-3-13-27-22-6-2-1-5-21(22)26-25(27)19-10-9-18-16-20(12-11-17(18)15-19)32-14-4-8-24(30)31;;/h1-2,5-6,9-12,15-16H,3-4,7-8,13-14H2,(H,28,29)(H,30,31);;/q;2*+1/p-2. The molecular weight excluding hydrogens is 454 g/mol. The topological polar surface area (TPSA) is 107 Å². The number of hydrogen-bond donors (Lipinski definition) is 0. The maximum Gasteiger partial charge on any atom is 1.00 e. The zero-order valence-corrected chi connectivity index (χ0v) is 23.5. The van der Waals surface area contributed by atoms with E-state index in [2.05, 4.69) is 0 Å². The van der Waals surface area contributed by atoms with Crippen molar-refractivity contribution in [3.63, 3.8) is 0 Å². The molecule has 0 saturated carbocycles. The van der Waals surface area contributed by atoms with Crippen LogP contribution in [-0.4, -0.2) is 28.1 Å². The summed E-state index contributed by atoms with van der Waals surface area (Å²) in [4.78, 5) is 26.2. The third-order valence-corrected chi connectivity index (χ3v) is 5.28. The van der Waals surface area contributed by atoms with Gasteiger partial charge < -0.3 is 29.1 Å². The minimum atomic E-state index is -1.08. The zero-order valence-electron chi connectivity index (χ0n) is 19.5. The smallest absolute Gasteiger partial charge is 0.550 e. The van der Waals surface area contributed by atoms with Gasteiger partial charge in [-0.1, -0.05) is 30.3 Å². The molecular formula is C25H22N2Na2O5. The van der Waals surface area contributed by atoms with Crippen LogP contribution in [0.4, 0.5) is 0 Å². The summed E-state index contributed by atoms with van der Waals surface area (Å²) in [7, 11) is 0. The van der Waals surface area contributed by atoms with Gasteiger partial charge in [0.15, 0.2) is 0 Å². The number of imidazole rings is 1. The van der Waals surface area contributed by atoms with E-state index >= 15 is 0 Å². The Morgan fingerprint density at radius 1 is 0.853 bits per heavy atom. The third kappa shape index (κ3) is 7.07. The van der Waals surface area contributed by atoms with Crippen molar-refractivity contribution in [1.82, 2.24) is 9.55 Å². The van der Waals surface area contributed by atoms with Gasteiger partial charge in [-0.3, -0.25) is 0 Å². The second-order valence-electron chi connectivity index (χ2n) is 7.60. The Kier molecular flexibility index (Phi) is 11.1. The van der Waals surface area contributed by atoms with E-state index in [1.165, 1.54) is 0 Å². The van der Waals surface area contributed by atoms with Crippen molar-refractivity contribution >= 4 is 33.7 Å². The van der Waals surface area contributed by atoms with Crippen molar-refractivity contribution in [2.75, 3.05) is 6.61 Å². The summed E-state index contributed by atoms with van der Waals surface area (Å²) < 4.78 is 7.69. The van der Waals surface area contributed by atoms with E-state index in [-0.39, 0.29) is 72.0 Å². The number of carboxylic acids is 2. The van der Waals surface area contributed by atoms with Gasteiger partial charge >= 0.3 is 59.1 Å². The molecule has 1 aromatic heterocycles. The molecule has 9 heteroatoms. The quantitative estimate of drug-likeness (QED) is 0.172. The van der Waals surface area contributed by atoms with Crippen molar-refractivity contribution < 1.29 is 83.7 Å². The zero-order chi connectivity index (χ0) is 22.5. The molecule has 34 heavy (non-hydrogen) atoms. The molecule has 1 heterocycles. The van der Waals surface area contributed by atoms with E-state index in [0.29, 0.717) is 31.7 Å². The van der Waals surface area contributed by atoms with Crippen LogP contribution >= 0.6 is 0 Å². The van der Waals surface area contributed by atoms with Crippen LogP contribution in [0.3, 0.4) is 0 Å². The number of nitrogens with zero attached hydrogens (tertiary/aromatic N) is 2. The molecule has 3 aromatic carbocycles. The number of benzene rings is 3. The van der Waals surface area contributed by atoms with E-state index in [9.17, 15) is 19.8 Å². The first-order chi connectivity index (χ1) is 15.5. The number of hydrogen-bond acceptors (Lipinski definition) is 6. The molecule has 0 spiro atoms. The minimum absolute atomic E-state index is 0. The molecule has 0 radical (unpaired) electrons. The van der Waals surface area contributed by atoms with Crippen molar-refractivity contribution in [3.05, 3.63) is 60.7 Å². The molecule has 0 fully saturated rings. The summed E-state index contributed by atoms with van der Waals surface area (Å²) in [5, 5.41) is 23.4. The number of fused-ring (bicyclic) bond motifs is 2. The molecule has 0 aliphatic rings. The fraction of sp³-hybridized carbons (Fsp3) is 0.240. The van der Waals surface area contributed by atoms with Gasteiger partial charge in [-0.2, -0.15) is 0 Å². The monoisotopic (exact) mass is 476 g/mol. The van der Waals surface area contributed by atoms with Gasteiger partial charge in [0, 0.05) is 24.0 Å². The Morgan fingerprint density at radius 3 is 2.29 bits per heavy atom. The number of carbonyl (C=O) groups excluding carboxylic acids is 2. The number of aliphatic carboxylic acids is 2. The number of aryl methyl sites for hydroxylation is 1. The Morgan fingerprint density at radius 2 is 1.53 bits per heavy atom. The largest absolute Gasteiger partial charge is 1.00 e. The Bertz CT molecular complexity index is 1290. The normalized spacial score (nSPS) is 10.5. The van der Waals surface area contributed by atoms with Gasteiger partial charge in [-0.25, -0.2) is 4.98 Å². The van der Waals surface area contributed by atoms with Gasteiger partial charge in [-0.15, -0.1) is 0 Å². The second-order valence-corrected chi connectivity index (χ2v) is 7.60.